The van der Waals surface area contributed by atoms with Crippen molar-refractivity contribution in [3.05, 3.63) is 76.2 Å². The third kappa shape index (κ3) is 5.14. The lowest BCUT2D eigenvalue weighted by atomic mass is 10.0. The molecular weight excluding hydrogens is 496 g/mol. The predicted molar refractivity (Wildman–Crippen MR) is 136 cm³/mol. The first-order valence-electron chi connectivity index (χ1n) is 11.5. The van der Waals surface area contributed by atoms with E-state index < -0.39 is 42.3 Å². The zero-order valence-electron chi connectivity index (χ0n) is 20.4. The van der Waals surface area contributed by atoms with E-state index in [4.69, 9.17) is 9.47 Å². The number of nitrogens with zero attached hydrogens (tertiary/aromatic N) is 1. The van der Waals surface area contributed by atoms with Gasteiger partial charge in [0.25, 0.3) is 17.7 Å². The second-order valence-electron chi connectivity index (χ2n) is 8.30. The average molecular weight is 521 g/mol. The number of amides is 3. The van der Waals surface area contributed by atoms with Crippen molar-refractivity contribution in [3.8, 4) is 11.1 Å². The second kappa shape index (κ2) is 10.8. The number of nitrogens with one attached hydrogen (secondary N) is 1. The maximum Gasteiger partial charge on any atom is 0.341 e. The molecule has 2 heterocycles. The molecule has 1 N–H and O–H groups in total. The Morgan fingerprint density at radius 2 is 1.57 bits per heavy atom. The smallest absolute Gasteiger partial charge is 0.341 e. The van der Waals surface area contributed by atoms with Crippen molar-refractivity contribution in [2.75, 3.05) is 18.5 Å². The monoisotopic (exact) mass is 520 g/mol. The summed E-state index contributed by atoms with van der Waals surface area (Å²) in [5.74, 6) is -3.40. The molecule has 1 aromatic heterocycles. The third-order valence-corrected chi connectivity index (χ3v) is 6.68. The normalized spacial score (nSPS) is 13.2. The number of fused-ring (bicyclic) bond motifs is 1. The van der Waals surface area contributed by atoms with E-state index in [0.717, 1.165) is 27.4 Å². The van der Waals surface area contributed by atoms with Gasteiger partial charge < -0.3 is 14.8 Å². The molecule has 1 atom stereocenters. The van der Waals surface area contributed by atoms with E-state index in [1.165, 1.54) is 19.1 Å². The first-order valence-corrected chi connectivity index (χ1v) is 12.4. The van der Waals surface area contributed by atoms with Crippen LogP contribution in [-0.2, 0) is 19.1 Å². The highest BCUT2D eigenvalue weighted by Crippen LogP contribution is 2.36. The van der Waals surface area contributed by atoms with Crippen molar-refractivity contribution in [3.63, 3.8) is 0 Å². The quantitative estimate of drug-likeness (QED) is 0.351. The highest BCUT2D eigenvalue weighted by atomic mass is 32.1. The van der Waals surface area contributed by atoms with E-state index in [0.29, 0.717) is 5.56 Å². The highest BCUT2D eigenvalue weighted by Gasteiger charge is 2.41. The summed E-state index contributed by atoms with van der Waals surface area (Å²) in [7, 11) is 0. The number of rotatable bonds is 8. The van der Waals surface area contributed by atoms with Gasteiger partial charge in [-0.15, -0.1) is 11.3 Å². The van der Waals surface area contributed by atoms with Crippen molar-refractivity contribution < 1.29 is 33.4 Å². The summed E-state index contributed by atoms with van der Waals surface area (Å²) in [6.07, 6.45) is 0. The maximum atomic E-state index is 12.7. The van der Waals surface area contributed by atoms with Gasteiger partial charge in [0.15, 0.2) is 6.61 Å². The number of benzene rings is 2. The minimum absolute atomic E-state index is 0.155. The Hall–Kier alpha value is -4.31. The fourth-order valence-electron chi connectivity index (χ4n) is 3.89. The molecule has 0 bridgehead atoms. The molecule has 1 unspecified atom stereocenters. The van der Waals surface area contributed by atoms with Crippen LogP contribution in [0.1, 0.15) is 50.5 Å². The van der Waals surface area contributed by atoms with Gasteiger partial charge in [0, 0.05) is 10.9 Å². The summed E-state index contributed by atoms with van der Waals surface area (Å²) < 4.78 is 10.3. The number of hydrogen-bond acceptors (Lipinski definition) is 8. The number of anilines is 1. The molecule has 1 aliphatic rings. The molecule has 9 nitrogen and oxygen atoms in total. The third-order valence-electron chi connectivity index (χ3n) is 5.79. The van der Waals surface area contributed by atoms with E-state index in [2.05, 4.69) is 5.32 Å². The molecule has 0 fully saturated rings. The van der Waals surface area contributed by atoms with Gasteiger partial charge in [0.05, 0.1) is 17.7 Å². The van der Waals surface area contributed by atoms with Gasteiger partial charge in [0.2, 0.25) is 0 Å². The van der Waals surface area contributed by atoms with Crippen LogP contribution in [-0.4, -0.2) is 53.8 Å². The molecule has 3 amide bonds. The van der Waals surface area contributed by atoms with Crippen LogP contribution in [0, 0.1) is 6.92 Å². The summed E-state index contributed by atoms with van der Waals surface area (Å²) in [4.78, 5) is 63.9. The lowest BCUT2D eigenvalue weighted by Crippen LogP contribution is -2.44. The van der Waals surface area contributed by atoms with Gasteiger partial charge in [-0.25, -0.2) is 9.59 Å². The molecule has 0 saturated carbocycles. The lowest BCUT2D eigenvalue weighted by molar-refractivity contribution is -0.150. The first-order chi connectivity index (χ1) is 17.7. The zero-order chi connectivity index (χ0) is 26.7. The molecule has 2 aromatic carbocycles. The molecule has 4 rings (SSSR count). The van der Waals surface area contributed by atoms with E-state index >= 15 is 0 Å². The first kappa shape index (κ1) is 25.8. The number of carbonyl (C=O) groups excluding carboxylic acids is 5. The van der Waals surface area contributed by atoms with E-state index in [1.807, 2.05) is 31.2 Å². The largest absolute Gasteiger partial charge is 0.462 e. The number of hydrogen-bond donors (Lipinski definition) is 1. The van der Waals surface area contributed by atoms with Gasteiger partial charge >= 0.3 is 11.9 Å². The standard InChI is InChI=1S/C27H24N2O7S/c1-4-35-27(34)22-20(17-11-9-15(2)10-12-17)14-37-23(22)28-21(30)13-36-26(33)16(3)29-24(31)18-7-5-6-8-19(18)25(29)32/h5-12,14,16H,4,13H2,1-3H3,(H,28,30). The molecule has 0 radical (unpaired) electrons. The van der Waals surface area contributed by atoms with Crippen LogP contribution in [0.15, 0.2) is 53.9 Å². The maximum absolute atomic E-state index is 12.7. The number of ether oxygens (including phenoxy) is 2. The number of carbonyl (C=O) groups is 5. The Morgan fingerprint density at radius 3 is 2.16 bits per heavy atom. The minimum atomic E-state index is -1.23. The van der Waals surface area contributed by atoms with Crippen LogP contribution >= 0.6 is 11.3 Å². The summed E-state index contributed by atoms with van der Waals surface area (Å²) in [6, 6.07) is 12.6. The van der Waals surface area contributed by atoms with Gasteiger partial charge in [0.1, 0.15) is 16.6 Å². The molecule has 37 heavy (non-hydrogen) atoms. The topological polar surface area (TPSA) is 119 Å². The van der Waals surface area contributed by atoms with Crippen molar-refractivity contribution in [1.29, 1.82) is 0 Å². The molecule has 0 saturated heterocycles. The van der Waals surface area contributed by atoms with Gasteiger partial charge in [-0.05, 0) is 38.5 Å². The molecular formula is C27H24N2O7S. The van der Waals surface area contributed by atoms with Gasteiger partial charge in [-0.3, -0.25) is 19.3 Å². The summed E-state index contributed by atoms with van der Waals surface area (Å²) >= 11 is 1.14. The van der Waals surface area contributed by atoms with Crippen molar-refractivity contribution in [2.24, 2.45) is 0 Å². The van der Waals surface area contributed by atoms with Crippen LogP contribution in [0.25, 0.3) is 11.1 Å². The van der Waals surface area contributed by atoms with E-state index in [-0.39, 0.29) is 28.3 Å². The Labute approximate surface area is 217 Å². The Morgan fingerprint density at radius 1 is 0.946 bits per heavy atom. The highest BCUT2D eigenvalue weighted by molar-refractivity contribution is 7.15. The van der Waals surface area contributed by atoms with Crippen LogP contribution in [0.3, 0.4) is 0 Å². The van der Waals surface area contributed by atoms with Gasteiger partial charge in [-0.1, -0.05) is 42.0 Å². The Bertz CT molecular complexity index is 1360. The molecule has 190 valence electrons. The molecule has 3 aromatic rings. The minimum Gasteiger partial charge on any atom is -0.462 e. The number of aryl methyl sites for hydroxylation is 1. The molecule has 0 spiro atoms. The zero-order valence-corrected chi connectivity index (χ0v) is 21.2. The van der Waals surface area contributed by atoms with Crippen LogP contribution in [0.4, 0.5) is 5.00 Å². The number of esters is 2. The molecule has 0 aliphatic carbocycles. The van der Waals surface area contributed by atoms with E-state index in [9.17, 15) is 24.0 Å². The van der Waals surface area contributed by atoms with Crippen molar-refractivity contribution >= 4 is 46.0 Å². The summed E-state index contributed by atoms with van der Waals surface area (Å²) in [5, 5.41) is 4.59. The summed E-state index contributed by atoms with van der Waals surface area (Å²) in [6.45, 7) is 4.47. The fourth-order valence-corrected chi connectivity index (χ4v) is 4.86. The predicted octanol–water partition coefficient (Wildman–Crippen LogP) is 4.07. The molecule has 10 heteroatoms. The van der Waals surface area contributed by atoms with Crippen LogP contribution in [0.5, 0.6) is 0 Å². The molecule has 1 aliphatic heterocycles. The lowest BCUT2D eigenvalue weighted by Gasteiger charge is -2.20. The van der Waals surface area contributed by atoms with Crippen molar-refractivity contribution in [1.82, 2.24) is 4.90 Å². The van der Waals surface area contributed by atoms with E-state index in [1.54, 1.807) is 24.4 Å². The SMILES string of the molecule is CCOC(=O)c1c(-c2ccc(C)cc2)csc1NC(=O)COC(=O)C(C)N1C(=O)c2ccccc2C1=O. The van der Waals surface area contributed by atoms with Gasteiger partial charge in [-0.2, -0.15) is 0 Å². The second-order valence-corrected chi connectivity index (χ2v) is 9.18. The summed E-state index contributed by atoms with van der Waals surface area (Å²) in [5.41, 5.74) is 3.07. The van der Waals surface area contributed by atoms with Crippen LogP contribution in [0.2, 0.25) is 0 Å². The van der Waals surface area contributed by atoms with Crippen LogP contribution < -0.4 is 5.32 Å². The fraction of sp³-hybridized carbons (Fsp3) is 0.222. The number of imide groups is 1. The number of thiophene rings is 1. The Balaban J connectivity index is 1.44. The Kier molecular flexibility index (Phi) is 7.49. The average Bonchev–Trinajstić information content (AvgIpc) is 3.41. The van der Waals surface area contributed by atoms with Crippen molar-refractivity contribution in [2.45, 2.75) is 26.8 Å².